The summed E-state index contributed by atoms with van der Waals surface area (Å²) in [5.41, 5.74) is 2.09. The second kappa shape index (κ2) is 5.35. The zero-order valence-electron chi connectivity index (χ0n) is 10.3. The lowest BCUT2D eigenvalue weighted by Crippen LogP contribution is -2.12. The molecule has 1 aromatic carbocycles. The molecule has 94 valence electrons. The van der Waals surface area contributed by atoms with Crippen molar-refractivity contribution in [1.82, 2.24) is 9.78 Å². The molecule has 0 saturated carbocycles. The number of aromatic nitrogens is 2. The maximum Gasteiger partial charge on any atom is 0.343 e. The molecule has 0 aliphatic heterocycles. The second-order valence-corrected chi connectivity index (χ2v) is 3.79. The van der Waals surface area contributed by atoms with Crippen molar-refractivity contribution in [3.8, 4) is 16.9 Å². The molecule has 0 spiro atoms. The fourth-order valence-corrected chi connectivity index (χ4v) is 1.52. The molecule has 0 unspecified atom stereocenters. The summed E-state index contributed by atoms with van der Waals surface area (Å²) in [6.45, 7) is -0.0806. The van der Waals surface area contributed by atoms with Crippen LogP contribution >= 0.6 is 0 Å². The molecule has 18 heavy (non-hydrogen) atoms. The largest absolute Gasteiger partial charge is 0.482 e. The number of benzene rings is 1. The molecule has 0 aliphatic carbocycles. The number of aryl methyl sites for hydroxylation is 1. The molecule has 0 saturated heterocycles. The van der Waals surface area contributed by atoms with E-state index in [0.717, 1.165) is 11.1 Å². The standard InChI is InChI=1S/C13H14N2O3/c1-15-8-11(7-14-15)10-3-5-12(6-4-10)18-9-13(16)17-2/h3-8H,9H2,1-2H3. The predicted molar refractivity (Wildman–Crippen MR) is 66.2 cm³/mol. The lowest BCUT2D eigenvalue weighted by atomic mass is 10.1. The summed E-state index contributed by atoms with van der Waals surface area (Å²) < 4.78 is 11.5. The van der Waals surface area contributed by atoms with Gasteiger partial charge in [-0.15, -0.1) is 0 Å². The number of hydrogen-bond donors (Lipinski definition) is 0. The van der Waals surface area contributed by atoms with Crippen LogP contribution < -0.4 is 4.74 Å². The molecular formula is C13H14N2O3. The first-order valence-electron chi connectivity index (χ1n) is 5.48. The number of methoxy groups -OCH3 is 1. The van der Waals surface area contributed by atoms with Crippen molar-refractivity contribution in [2.24, 2.45) is 7.05 Å². The summed E-state index contributed by atoms with van der Waals surface area (Å²) in [7, 11) is 3.20. The zero-order valence-corrected chi connectivity index (χ0v) is 10.3. The highest BCUT2D eigenvalue weighted by Gasteiger charge is 2.03. The van der Waals surface area contributed by atoms with Gasteiger partial charge in [0.05, 0.1) is 13.3 Å². The molecule has 0 atom stereocenters. The van der Waals surface area contributed by atoms with Crippen molar-refractivity contribution in [2.45, 2.75) is 0 Å². The Bertz CT molecular complexity index is 531. The van der Waals surface area contributed by atoms with Crippen LogP contribution in [-0.2, 0) is 16.6 Å². The predicted octanol–water partition coefficient (Wildman–Crippen LogP) is 1.64. The number of carbonyl (C=O) groups is 1. The molecule has 1 heterocycles. The highest BCUT2D eigenvalue weighted by Crippen LogP contribution is 2.21. The van der Waals surface area contributed by atoms with Crippen molar-refractivity contribution in [3.05, 3.63) is 36.7 Å². The van der Waals surface area contributed by atoms with Crippen LogP contribution in [-0.4, -0.2) is 29.5 Å². The second-order valence-electron chi connectivity index (χ2n) is 3.79. The first kappa shape index (κ1) is 12.2. The molecular weight excluding hydrogens is 232 g/mol. The Morgan fingerprint density at radius 1 is 1.28 bits per heavy atom. The Labute approximate surface area is 105 Å². The summed E-state index contributed by atoms with van der Waals surface area (Å²) in [6.07, 6.45) is 3.73. The van der Waals surface area contributed by atoms with E-state index in [0.29, 0.717) is 5.75 Å². The van der Waals surface area contributed by atoms with E-state index in [9.17, 15) is 4.79 Å². The lowest BCUT2D eigenvalue weighted by Gasteiger charge is -2.05. The van der Waals surface area contributed by atoms with Gasteiger partial charge in [-0.05, 0) is 17.7 Å². The monoisotopic (exact) mass is 246 g/mol. The van der Waals surface area contributed by atoms with Crippen molar-refractivity contribution in [1.29, 1.82) is 0 Å². The highest BCUT2D eigenvalue weighted by molar-refractivity contribution is 5.71. The third-order valence-electron chi connectivity index (χ3n) is 2.48. The average molecular weight is 246 g/mol. The number of nitrogens with zero attached hydrogens (tertiary/aromatic N) is 2. The minimum atomic E-state index is -0.397. The Hall–Kier alpha value is -2.30. The molecule has 0 amide bonds. The van der Waals surface area contributed by atoms with E-state index >= 15 is 0 Å². The molecule has 0 aliphatic rings. The van der Waals surface area contributed by atoms with Gasteiger partial charge in [0, 0.05) is 18.8 Å². The summed E-state index contributed by atoms with van der Waals surface area (Å²) in [6, 6.07) is 7.46. The van der Waals surface area contributed by atoms with Crippen LogP contribution in [0.1, 0.15) is 0 Å². The Morgan fingerprint density at radius 3 is 2.56 bits per heavy atom. The Morgan fingerprint density at radius 2 is 2.00 bits per heavy atom. The molecule has 0 radical (unpaired) electrons. The molecule has 0 bridgehead atoms. The van der Waals surface area contributed by atoms with Crippen LogP contribution in [0.2, 0.25) is 0 Å². The summed E-state index contributed by atoms with van der Waals surface area (Å²) in [5, 5.41) is 4.11. The first-order valence-corrected chi connectivity index (χ1v) is 5.48. The van der Waals surface area contributed by atoms with Gasteiger partial charge in [-0.3, -0.25) is 4.68 Å². The van der Waals surface area contributed by atoms with Crippen molar-refractivity contribution in [2.75, 3.05) is 13.7 Å². The van der Waals surface area contributed by atoms with Crippen molar-refractivity contribution < 1.29 is 14.3 Å². The molecule has 5 nitrogen and oxygen atoms in total. The maximum atomic E-state index is 10.9. The number of ether oxygens (including phenoxy) is 2. The van der Waals surface area contributed by atoms with Crippen LogP contribution in [0.25, 0.3) is 11.1 Å². The molecule has 2 rings (SSSR count). The van der Waals surface area contributed by atoms with Gasteiger partial charge in [0.1, 0.15) is 5.75 Å². The quantitative estimate of drug-likeness (QED) is 0.769. The van der Waals surface area contributed by atoms with Crippen LogP contribution in [0.3, 0.4) is 0 Å². The van der Waals surface area contributed by atoms with E-state index in [-0.39, 0.29) is 6.61 Å². The van der Waals surface area contributed by atoms with Crippen LogP contribution in [0, 0.1) is 0 Å². The van der Waals surface area contributed by atoms with Gasteiger partial charge in [-0.2, -0.15) is 5.10 Å². The van der Waals surface area contributed by atoms with E-state index < -0.39 is 5.97 Å². The molecule has 0 fully saturated rings. The van der Waals surface area contributed by atoms with E-state index in [4.69, 9.17) is 4.74 Å². The average Bonchev–Trinajstić information content (AvgIpc) is 2.83. The summed E-state index contributed by atoms with van der Waals surface area (Å²) in [4.78, 5) is 10.9. The topological polar surface area (TPSA) is 53.4 Å². The smallest absolute Gasteiger partial charge is 0.343 e. The fourth-order valence-electron chi connectivity index (χ4n) is 1.52. The number of hydrogen-bond acceptors (Lipinski definition) is 4. The van der Waals surface area contributed by atoms with E-state index in [1.807, 2.05) is 37.5 Å². The molecule has 2 aromatic rings. The van der Waals surface area contributed by atoms with Gasteiger partial charge in [0.25, 0.3) is 0 Å². The van der Waals surface area contributed by atoms with Crippen molar-refractivity contribution in [3.63, 3.8) is 0 Å². The third-order valence-corrected chi connectivity index (χ3v) is 2.48. The molecule has 1 aromatic heterocycles. The third kappa shape index (κ3) is 2.88. The molecule has 0 N–H and O–H groups in total. The van der Waals surface area contributed by atoms with E-state index in [1.165, 1.54) is 7.11 Å². The SMILES string of the molecule is COC(=O)COc1ccc(-c2cnn(C)c2)cc1. The zero-order chi connectivity index (χ0) is 13.0. The van der Waals surface area contributed by atoms with Gasteiger partial charge in [-0.25, -0.2) is 4.79 Å². The summed E-state index contributed by atoms with van der Waals surface area (Å²) >= 11 is 0. The van der Waals surface area contributed by atoms with E-state index in [2.05, 4.69) is 9.84 Å². The normalized spacial score (nSPS) is 10.1. The molecule has 5 heteroatoms. The lowest BCUT2D eigenvalue weighted by molar-refractivity contribution is -0.142. The van der Waals surface area contributed by atoms with E-state index in [1.54, 1.807) is 10.9 Å². The van der Waals surface area contributed by atoms with Crippen LogP contribution in [0.5, 0.6) is 5.75 Å². The van der Waals surface area contributed by atoms with Gasteiger partial charge >= 0.3 is 5.97 Å². The minimum Gasteiger partial charge on any atom is -0.482 e. The fraction of sp³-hybridized carbons (Fsp3) is 0.231. The minimum absolute atomic E-state index is 0.0806. The van der Waals surface area contributed by atoms with Crippen LogP contribution in [0.4, 0.5) is 0 Å². The van der Waals surface area contributed by atoms with Crippen LogP contribution in [0.15, 0.2) is 36.7 Å². The number of esters is 1. The van der Waals surface area contributed by atoms with Gasteiger partial charge < -0.3 is 9.47 Å². The first-order chi connectivity index (χ1) is 8.69. The van der Waals surface area contributed by atoms with Crippen molar-refractivity contribution >= 4 is 5.97 Å². The highest BCUT2D eigenvalue weighted by atomic mass is 16.6. The maximum absolute atomic E-state index is 10.9. The van der Waals surface area contributed by atoms with Gasteiger partial charge in [0.2, 0.25) is 0 Å². The Balaban J connectivity index is 2.03. The van der Waals surface area contributed by atoms with Gasteiger partial charge in [-0.1, -0.05) is 12.1 Å². The number of carbonyl (C=O) groups excluding carboxylic acids is 1. The van der Waals surface area contributed by atoms with Gasteiger partial charge in [0.15, 0.2) is 6.61 Å². The summed E-state index contributed by atoms with van der Waals surface area (Å²) in [5.74, 6) is 0.236. The number of rotatable bonds is 4. The Kier molecular flexibility index (Phi) is 3.62.